The molecule has 0 bridgehead atoms. The Hall–Kier alpha value is -1.68. The molecule has 1 aromatic heterocycles. The van der Waals surface area contributed by atoms with Crippen molar-refractivity contribution in [2.45, 2.75) is 13.3 Å². The van der Waals surface area contributed by atoms with Crippen LogP contribution in [-0.4, -0.2) is 16.1 Å². The monoisotopic (exact) mass is 233 g/mol. The van der Waals surface area contributed by atoms with Crippen molar-refractivity contribution in [3.8, 4) is 11.3 Å². The van der Waals surface area contributed by atoms with Gasteiger partial charge in [-0.1, -0.05) is 19.1 Å². The number of aromatic nitrogens is 1. The van der Waals surface area contributed by atoms with Gasteiger partial charge in [0.05, 0.1) is 16.8 Å². The van der Waals surface area contributed by atoms with E-state index >= 15 is 0 Å². The van der Waals surface area contributed by atoms with Crippen molar-refractivity contribution in [1.82, 2.24) is 4.98 Å². The van der Waals surface area contributed by atoms with Crippen molar-refractivity contribution in [3.05, 3.63) is 40.2 Å². The molecule has 16 heavy (non-hydrogen) atoms. The van der Waals surface area contributed by atoms with Crippen LogP contribution in [0.3, 0.4) is 0 Å². The van der Waals surface area contributed by atoms with Gasteiger partial charge < -0.3 is 5.11 Å². The lowest BCUT2D eigenvalue weighted by Gasteiger charge is -2.01. The van der Waals surface area contributed by atoms with Gasteiger partial charge in [0.1, 0.15) is 0 Å². The number of rotatable bonds is 3. The zero-order chi connectivity index (χ0) is 11.5. The maximum atomic E-state index is 10.9. The molecule has 0 atom stereocenters. The minimum Gasteiger partial charge on any atom is -0.478 e. The summed E-state index contributed by atoms with van der Waals surface area (Å²) in [6.45, 7) is 2.07. The Morgan fingerprint density at radius 1 is 1.50 bits per heavy atom. The molecule has 1 heterocycles. The molecule has 82 valence electrons. The Balaban J connectivity index is 2.48. The highest BCUT2D eigenvalue weighted by Gasteiger charge is 2.09. The summed E-state index contributed by atoms with van der Waals surface area (Å²) in [5, 5.41) is 8.92. The zero-order valence-electron chi connectivity index (χ0n) is 8.80. The average Bonchev–Trinajstić information content (AvgIpc) is 2.77. The van der Waals surface area contributed by atoms with Crippen LogP contribution in [0.2, 0.25) is 0 Å². The van der Waals surface area contributed by atoms with Gasteiger partial charge in [0.25, 0.3) is 0 Å². The zero-order valence-corrected chi connectivity index (χ0v) is 9.62. The first kappa shape index (κ1) is 10.8. The average molecular weight is 233 g/mol. The van der Waals surface area contributed by atoms with Crippen LogP contribution in [0, 0.1) is 0 Å². The van der Waals surface area contributed by atoms with E-state index in [1.165, 1.54) is 4.88 Å². The van der Waals surface area contributed by atoms with Gasteiger partial charge in [0.15, 0.2) is 0 Å². The van der Waals surface area contributed by atoms with E-state index in [0.29, 0.717) is 5.56 Å². The maximum absolute atomic E-state index is 10.9. The highest BCUT2D eigenvalue weighted by Crippen LogP contribution is 2.26. The number of aromatic carboxylic acids is 1. The summed E-state index contributed by atoms with van der Waals surface area (Å²) in [5.74, 6) is -0.907. The van der Waals surface area contributed by atoms with Gasteiger partial charge in [-0.25, -0.2) is 9.78 Å². The van der Waals surface area contributed by atoms with Crippen molar-refractivity contribution in [3.63, 3.8) is 0 Å². The molecule has 0 aliphatic carbocycles. The number of thiazole rings is 1. The summed E-state index contributed by atoms with van der Waals surface area (Å²) in [7, 11) is 0. The van der Waals surface area contributed by atoms with Gasteiger partial charge in [0, 0.05) is 10.4 Å². The van der Waals surface area contributed by atoms with Gasteiger partial charge in [0.2, 0.25) is 0 Å². The van der Waals surface area contributed by atoms with E-state index in [-0.39, 0.29) is 0 Å². The van der Waals surface area contributed by atoms with Crippen LogP contribution in [0.4, 0.5) is 0 Å². The van der Waals surface area contributed by atoms with E-state index < -0.39 is 5.97 Å². The topological polar surface area (TPSA) is 50.2 Å². The molecule has 0 spiro atoms. The minimum absolute atomic E-state index is 0.299. The summed E-state index contributed by atoms with van der Waals surface area (Å²) in [4.78, 5) is 16.3. The molecule has 0 saturated heterocycles. The molecule has 0 aliphatic heterocycles. The third-order valence-corrected chi connectivity index (χ3v) is 3.32. The highest BCUT2D eigenvalue weighted by molar-refractivity contribution is 7.10. The Labute approximate surface area is 97.4 Å². The molecule has 0 unspecified atom stereocenters. The first-order valence-corrected chi connectivity index (χ1v) is 5.86. The standard InChI is InChI=1S/C12H11NO2S/c1-2-10-11(13-7-16-10)8-4-3-5-9(6-8)12(14)15/h3-7H,2H2,1H3,(H,14,15). The number of hydrogen-bond acceptors (Lipinski definition) is 3. The van der Waals surface area contributed by atoms with Crippen LogP contribution in [0.5, 0.6) is 0 Å². The van der Waals surface area contributed by atoms with Crippen LogP contribution in [-0.2, 0) is 6.42 Å². The fraction of sp³-hybridized carbons (Fsp3) is 0.167. The Bertz CT molecular complexity index is 519. The Kier molecular flexibility index (Phi) is 3.01. The van der Waals surface area contributed by atoms with Gasteiger partial charge in [-0.2, -0.15) is 0 Å². The lowest BCUT2D eigenvalue weighted by Crippen LogP contribution is -1.96. The molecule has 0 radical (unpaired) electrons. The van der Waals surface area contributed by atoms with Crippen molar-refractivity contribution in [2.24, 2.45) is 0 Å². The fourth-order valence-corrected chi connectivity index (χ4v) is 2.29. The lowest BCUT2D eigenvalue weighted by molar-refractivity contribution is 0.0697. The van der Waals surface area contributed by atoms with Crippen LogP contribution >= 0.6 is 11.3 Å². The largest absolute Gasteiger partial charge is 0.478 e. The number of carboxylic acids is 1. The highest BCUT2D eigenvalue weighted by atomic mass is 32.1. The van der Waals surface area contributed by atoms with E-state index in [1.54, 1.807) is 35.0 Å². The fourth-order valence-electron chi connectivity index (χ4n) is 1.56. The second kappa shape index (κ2) is 4.45. The molecular weight excluding hydrogens is 222 g/mol. The number of hydrogen-bond donors (Lipinski definition) is 1. The van der Waals surface area contributed by atoms with E-state index in [4.69, 9.17) is 5.11 Å². The number of carbonyl (C=O) groups is 1. The normalized spacial score (nSPS) is 10.3. The van der Waals surface area contributed by atoms with Crippen molar-refractivity contribution >= 4 is 17.3 Å². The van der Waals surface area contributed by atoms with Crippen LogP contribution in [0.15, 0.2) is 29.8 Å². The molecule has 1 N–H and O–H groups in total. The molecule has 0 amide bonds. The molecule has 2 rings (SSSR count). The third-order valence-electron chi connectivity index (χ3n) is 2.34. The molecular formula is C12H11NO2S. The van der Waals surface area contributed by atoms with Crippen LogP contribution in [0.1, 0.15) is 22.2 Å². The van der Waals surface area contributed by atoms with Crippen LogP contribution in [0.25, 0.3) is 11.3 Å². The number of nitrogens with zero attached hydrogens (tertiary/aromatic N) is 1. The summed E-state index contributed by atoms with van der Waals surface area (Å²) in [5.41, 5.74) is 3.86. The summed E-state index contributed by atoms with van der Waals surface area (Å²) < 4.78 is 0. The van der Waals surface area contributed by atoms with Gasteiger partial charge in [-0.05, 0) is 18.6 Å². The van der Waals surface area contributed by atoms with Gasteiger partial charge in [-0.3, -0.25) is 0 Å². The van der Waals surface area contributed by atoms with Crippen LogP contribution < -0.4 is 0 Å². The van der Waals surface area contributed by atoms with E-state index in [2.05, 4.69) is 11.9 Å². The Morgan fingerprint density at radius 3 is 3.00 bits per heavy atom. The smallest absolute Gasteiger partial charge is 0.335 e. The number of aryl methyl sites for hydroxylation is 1. The molecule has 0 aliphatic rings. The maximum Gasteiger partial charge on any atom is 0.335 e. The van der Waals surface area contributed by atoms with E-state index in [9.17, 15) is 4.79 Å². The summed E-state index contributed by atoms with van der Waals surface area (Å²) in [6.07, 6.45) is 0.914. The predicted molar refractivity (Wildman–Crippen MR) is 63.9 cm³/mol. The molecule has 4 heteroatoms. The first-order chi connectivity index (χ1) is 7.72. The summed E-state index contributed by atoms with van der Waals surface area (Å²) >= 11 is 1.60. The van der Waals surface area contributed by atoms with E-state index in [1.807, 2.05) is 6.07 Å². The summed E-state index contributed by atoms with van der Waals surface area (Å²) in [6, 6.07) is 6.89. The van der Waals surface area contributed by atoms with Crippen molar-refractivity contribution in [1.29, 1.82) is 0 Å². The molecule has 0 saturated carbocycles. The quantitative estimate of drug-likeness (QED) is 0.886. The van der Waals surface area contributed by atoms with Crippen molar-refractivity contribution < 1.29 is 9.90 Å². The number of carboxylic acid groups (broad SMARTS) is 1. The molecule has 2 aromatic rings. The number of benzene rings is 1. The minimum atomic E-state index is -0.907. The molecule has 1 aromatic carbocycles. The molecule has 0 fully saturated rings. The SMILES string of the molecule is CCc1scnc1-c1cccc(C(=O)O)c1. The van der Waals surface area contributed by atoms with Gasteiger partial charge in [-0.15, -0.1) is 11.3 Å². The van der Waals surface area contributed by atoms with Crippen molar-refractivity contribution in [2.75, 3.05) is 0 Å². The molecule has 3 nitrogen and oxygen atoms in total. The first-order valence-electron chi connectivity index (χ1n) is 4.98. The Morgan fingerprint density at radius 2 is 2.31 bits per heavy atom. The lowest BCUT2D eigenvalue weighted by atomic mass is 10.1. The predicted octanol–water partition coefficient (Wildman–Crippen LogP) is 3.07. The second-order valence-electron chi connectivity index (χ2n) is 3.36. The van der Waals surface area contributed by atoms with E-state index in [0.717, 1.165) is 17.7 Å². The third kappa shape index (κ3) is 1.97. The van der Waals surface area contributed by atoms with Gasteiger partial charge >= 0.3 is 5.97 Å². The second-order valence-corrected chi connectivity index (χ2v) is 4.30.